The predicted molar refractivity (Wildman–Crippen MR) is 255 cm³/mol. The van der Waals surface area contributed by atoms with Gasteiger partial charge < -0.3 is 9.80 Å². The Hall–Kier alpha value is -6.38. The van der Waals surface area contributed by atoms with E-state index < -0.39 is 0 Å². The lowest BCUT2D eigenvalue weighted by molar-refractivity contribution is 0.607. The fourth-order valence-electron chi connectivity index (χ4n) is 9.36. The van der Waals surface area contributed by atoms with Crippen molar-refractivity contribution in [3.8, 4) is 22.3 Å². The molecule has 0 bridgehead atoms. The van der Waals surface area contributed by atoms with Gasteiger partial charge in [-0.3, -0.25) is 0 Å². The van der Waals surface area contributed by atoms with Crippen molar-refractivity contribution in [2.75, 3.05) is 16.8 Å². The first kappa shape index (κ1) is 36.9. The van der Waals surface area contributed by atoms with Gasteiger partial charge in [0.1, 0.15) is 0 Å². The molecule has 0 N–H and O–H groups in total. The van der Waals surface area contributed by atoms with E-state index in [0.717, 1.165) is 12.1 Å². The first-order valence-corrected chi connectivity index (χ1v) is 21.8. The normalized spacial score (nSPS) is 12.2. The van der Waals surface area contributed by atoms with Gasteiger partial charge in [-0.25, -0.2) is 0 Å². The molecule has 0 spiro atoms. The average molecular weight is 765 g/mol. The molecule has 0 heterocycles. The number of nitrogens with zero attached hydrogens (tertiary/aromatic N) is 2. The lowest BCUT2D eigenvalue weighted by Gasteiger charge is -2.28. The van der Waals surface area contributed by atoms with Crippen LogP contribution in [0.3, 0.4) is 0 Å². The quantitative estimate of drug-likeness (QED) is 0.0804. The SMILES string of the molecule is CCCCCCCCc1ccc(N(c2ccc(-c3ccc(N(C)c4cccc(-c5ccc6c(c5)CC6)c4)cc3)cc2)c2ccc3ccc4cccc5ccc2c3c45)cc1. The van der Waals surface area contributed by atoms with Crippen LogP contribution in [0.25, 0.3) is 54.6 Å². The minimum absolute atomic E-state index is 1.13. The van der Waals surface area contributed by atoms with Crippen LogP contribution >= 0.6 is 0 Å². The summed E-state index contributed by atoms with van der Waals surface area (Å²) in [6.07, 6.45) is 11.5. The summed E-state index contributed by atoms with van der Waals surface area (Å²) < 4.78 is 0. The number of hydrogen-bond donors (Lipinski definition) is 0. The Morgan fingerprint density at radius 1 is 0.424 bits per heavy atom. The summed E-state index contributed by atoms with van der Waals surface area (Å²) in [6.45, 7) is 2.29. The van der Waals surface area contributed by atoms with E-state index in [2.05, 4.69) is 194 Å². The molecule has 0 unspecified atom stereocenters. The molecule has 0 radical (unpaired) electrons. The highest BCUT2D eigenvalue weighted by atomic mass is 15.1. The molecule has 290 valence electrons. The third kappa shape index (κ3) is 7.23. The molecule has 0 saturated carbocycles. The van der Waals surface area contributed by atoms with Crippen LogP contribution in [0.2, 0.25) is 0 Å². The fourth-order valence-corrected chi connectivity index (χ4v) is 9.36. The third-order valence-corrected chi connectivity index (χ3v) is 12.9. The summed E-state index contributed by atoms with van der Waals surface area (Å²) >= 11 is 0. The number of hydrogen-bond acceptors (Lipinski definition) is 2. The molecule has 9 aromatic carbocycles. The molecule has 0 aromatic heterocycles. The lowest BCUT2D eigenvalue weighted by atomic mass is 9.86. The van der Waals surface area contributed by atoms with Crippen molar-refractivity contribution in [1.29, 1.82) is 0 Å². The van der Waals surface area contributed by atoms with E-state index in [9.17, 15) is 0 Å². The second-order valence-corrected chi connectivity index (χ2v) is 16.6. The van der Waals surface area contributed by atoms with Crippen molar-refractivity contribution in [3.63, 3.8) is 0 Å². The van der Waals surface area contributed by atoms with Crippen LogP contribution in [0.4, 0.5) is 28.4 Å². The van der Waals surface area contributed by atoms with Crippen LogP contribution in [-0.2, 0) is 19.3 Å². The second-order valence-electron chi connectivity index (χ2n) is 16.6. The number of benzene rings is 9. The standard InChI is InChI=1S/C57H52N2/c1-3-4-5-6-7-8-11-40-16-30-51(31-17-40)59(55-37-29-46-21-20-44-12-9-13-45-28-36-54(55)57(46)56(44)45)52-34-26-42(27-35-52)41-24-32-50(33-25-41)58(2)53-15-10-14-47(39-53)49-23-19-43-18-22-48(43)38-49/h9-10,12-17,19-21,23-39H,3-8,11,18,22H2,1-2H3. The second kappa shape index (κ2) is 16.1. The van der Waals surface area contributed by atoms with Crippen molar-refractivity contribution in [2.45, 2.75) is 64.7 Å². The van der Waals surface area contributed by atoms with Gasteiger partial charge in [-0.05, 0) is 146 Å². The number of rotatable bonds is 14. The maximum absolute atomic E-state index is 2.46. The highest BCUT2D eigenvalue weighted by Crippen LogP contribution is 2.44. The predicted octanol–water partition coefficient (Wildman–Crippen LogP) is 16.2. The summed E-state index contributed by atoms with van der Waals surface area (Å²) in [7, 11) is 2.16. The highest BCUT2D eigenvalue weighted by molar-refractivity contribution is 6.25. The van der Waals surface area contributed by atoms with Gasteiger partial charge in [-0.15, -0.1) is 0 Å². The molecule has 1 aliphatic carbocycles. The van der Waals surface area contributed by atoms with E-state index in [-0.39, 0.29) is 0 Å². The molecule has 0 amide bonds. The molecule has 9 aromatic rings. The number of unbranched alkanes of at least 4 members (excludes halogenated alkanes) is 5. The minimum Gasteiger partial charge on any atom is -0.345 e. The molecule has 2 nitrogen and oxygen atoms in total. The minimum atomic E-state index is 1.13. The molecule has 10 rings (SSSR count). The number of aryl methyl sites for hydroxylation is 3. The summed E-state index contributed by atoms with van der Waals surface area (Å²) in [5.41, 5.74) is 15.3. The maximum Gasteiger partial charge on any atom is 0.0540 e. The van der Waals surface area contributed by atoms with Gasteiger partial charge in [0.25, 0.3) is 0 Å². The Kier molecular flexibility index (Phi) is 10.1. The van der Waals surface area contributed by atoms with Crippen LogP contribution in [-0.4, -0.2) is 7.05 Å². The van der Waals surface area contributed by atoms with Gasteiger partial charge in [0.2, 0.25) is 0 Å². The number of anilines is 5. The highest BCUT2D eigenvalue weighted by Gasteiger charge is 2.19. The zero-order chi connectivity index (χ0) is 39.7. The third-order valence-electron chi connectivity index (χ3n) is 12.9. The van der Waals surface area contributed by atoms with Gasteiger partial charge in [-0.2, -0.15) is 0 Å². The van der Waals surface area contributed by atoms with Crippen LogP contribution in [0.15, 0.2) is 170 Å². The van der Waals surface area contributed by atoms with E-state index in [1.165, 1.54) is 145 Å². The fraction of sp³-hybridized carbons (Fsp3) is 0.193. The van der Waals surface area contributed by atoms with Crippen molar-refractivity contribution in [3.05, 3.63) is 187 Å². The van der Waals surface area contributed by atoms with Crippen molar-refractivity contribution < 1.29 is 0 Å². The zero-order valence-electron chi connectivity index (χ0n) is 34.4. The Labute approximate surface area is 349 Å². The maximum atomic E-state index is 2.46. The summed E-state index contributed by atoms with van der Waals surface area (Å²) in [5, 5.41) is 7.82. The van der Waals surface area contributed by atoms with Gasteiger partial charge >= 0.3 is 0 Å². The monoisotopic (exact) mass is 764 g/mol. The van der Waals surface area contributed by atoms with Gasteiger partial charge in [0, 0.05) is 35.2 Å². The molecular weight excluding hydrogens is 713 g/mol. The molecular formula is C57H52N2. The van der Waals surface area contributed by atoms with Crippen LogP contribution in [0, 0.1) is 0 Å². The molecule has 0 aliphatic heterocycles. The molecule has 59 heavy (non-hydrogen) atoms. The van der Waals surface area contributed by atoms with Crippen molar-refractivity contribution >= 4 is 60.8 Å². The van der Waals surface area contributed by atoms with E-state index in [4.69, 9.17) is 0 Å². The molecule has 1 aliphatic rings. The Morgan fingerprint density at radius 3 is 1.69 bits per heavy atom. The smallest absolute Gasteiger partial charge is 0.0540 e. The molecule has 0 atom stereocenters. The summed E-state index contributed by atoms with van der Waals surface area (Å²) in [5.74, 6) is 0. The molecule has 0 fully saturated rings. The molecule has 2 heteroatoms. The van der Waals surface area contributed by atoms with E-state index in [1.54, 1.807) is 0 Å². The molecule has 0 saturated heterocycles. The first-order valence-electron chi connectivity index (χ1n) is 21.8. The largest absolute Gasteiger partial charge is 0.345 e. The Morgan fingerprint density at radius 2 is 1.00 bits per heavy atom. The van der Waals surface area contributed by atoms with Gasteiger partial charge in [0.15, 0.2) is 0 Å². The van der Waals surface area contributed by atoms with Crippen LogP contribution in [0.1, 0.15) is 62.1 Å². The zero-order valence-corrected chi connectivity index (χ0v) is 34.4. The van der Waals surface area contributed by atoms with Crippen LogP contribution in [0.5, 0.6) is 0 Å². The van der Waals surface area contributed by atoms with Crippen LogP contribution < -0.4 is 9.80 Å². The van der Waals surface area contributed by atoms with Gasteiger partial charge in [0.05, 0.1) is 5.69 Å². The van der Waals surface area contributed by atoms with Gasteiger partial charge in [-0.1, -0.05) is 154 Å². The summed E-state index contributed by atoms with van der Waals surface area (Å²) in [4.78, 5) is 4.74. The Bertz CT molecular complexity index is 2850. The topological polar surface area (TPSA) is 6.48 Å². The first-order chi connectivity index (χ1) is 29.1. The summed E-state index contributed by atoms with van der Waals surface area (Å²) in [6, 6.07) is 63.8. The number of fused-ring (bicyclic) bond motifs is 1. The average Bonchev–Trinajstić information content (AvgIpc) is 3.28. The van der Waals surface area contributed by atoms with E-state index in [0.29, 0.717) is 0 Å². The van der Waals surface area contributed by atoms with Crippen molar-refractivity contribution in [2.24, 2.45) is 0 Å². The lowest BCUT2D eigenvalue weighted by Crippen LogP contribution is -2.11. The Balaban J connectivity index is 0.944. The van der Waals surface area contributed by atoms with E-state index in [1.807, 2.05) is 0 Å². The van der Waals surface area contributed by atoms with E-state index >= 15 is 0 Å². The van der Waals surface area contributed by atoms with Crippen molar-refractivity contribution in [1.82, 2.24) is 0 Å².